The zero-order chi connectivity index (χ0) is 19.0. The predicted molar refractivity (Wildman–Crippen MR) is 111 cm³/mol. The summed E-state index contributed by atoms with van der Waals surface area (Å²) in [6, 6.07) is 7.93. The first kappa shape index (κ1) is 21.8. The van der Waals surface area contributed by atoms with Gasteiger partial charge < -0.3 is 16.2 Å². The minimum atomic E-state index is 0.305. The minimum absolute atomic E-state index is 0.305. The van der Waals surface area contributed by atoms with Gasteiger partial charge in [0.25, 0.3) is 0 Å². The first-order chi connectivity index (χ1) is 12.7. The maximum Gasteiger partial charge on any atom is 0.195 e. The molecule has 0 saturated carbocycles. The Balaban J connectivity index is 2.17. The first-order valence-electron chi connectivity index (χ1n) is 9.65. The van der Waals surface area contributed by atoms with E-state index in [9.17, 15) is 0 Å². The third-order valence-corrected chi connectivity index (χ3v) is 4.14. The van der Waals surface area contributed by atoms with Gasteiger partial charge in [0.2, 0.25) is 0 Å². The molecule has 146 valence electrons. The monoisotopic (exact) mass is 361 g/mol. The van der Waals surface area contributed by atoms with Crippen LogP contribution in [0.1, 0.15) is 57.4 Å². The Kier molecular flexibility index (Phi) is 11.7. The van der Waals surface area contributed by atoms with Crippen LogP contribution in [0.2, 0.25) is 0 Å². The van der Waals surface area contributed by atoms with Gasteiger partial charge in [-0.1, -0.05) is 57.6 Å². The number of unbranched alkanes of at least 4 members (excludes halogenated alkanes) is 6. The van der Waals surface area contributed by atoms with Crippen molar-refractivity contribution in [1.29, 1.82) is 0 Å². The number of benzene rings is 1. The molecule has 1 aromatic carbocycles. The smallest absolute Gasteiger partial charge is 0.195 e. The van der Waals surface area contributed by atoms with E-state index in [-0.39, 0.29) is 0 Å². The van der Waals surface area contributed by atoms with Gasteiger partial charge in [-0.15, -0.1) is 0 Å². The Labute approximate surface area is 158 Å². The van der Waals surface area contributed by atoms with Crippen molar-refractivity contribution >= 4 is 11.9 Å². The second kappa shape index (κ2) is 14.0. The Hall–Kier alpha value is -2.24. The third kappa shape index (κ3) is 10.6. The molecule has 1 aromatic rings. The fraction of sp³-hybridized carbons (Fsp3) is 0.600. The van der Waals surface area contributed by atoms with E-state index in [1.807, 2.05) is 24.3 Å². The lowest BCUT2D eigenvalue weighted by molar-refractivity contribution is 0.414. The van der Waals surface area contributed by atoms with Crippen molar-refractivity contribution in [3.8, 4) is 5.75 Å². The maximum absolute atomic E-state index is 5.84. The summed E-state index contributed by atoms with van der Waals surface area (Å²) in [6.07, 6.45) is 9.63. The first-order valence-corrected chi connectivity index (χ1v) is 9.65. The molecule has 0 fully saturated rings. The summed E-state index contributed by atoms with van der Waals surface area (Å²) in [6.45, 7) is 3.56. The van der Waals surface area contributed by atoms with Crippen molar-refractivity contribution in [3.63, 3.8) is 0 Å². The topological polar surface area (TPSA) is 98.0 Å². The van der Waals surface area contributed by atoms with Crippen molar-refractivity contribution in [2.45, 2.75) is 58.3 Å². The average molecular weight is 362 g/mol. The molecule has 6 heteroatoms. The van der Waals surface area contributed by atoms with Crippen molar-refractivity contribution in [1.82, 2.24) is 5.32 Å². The van der Waals surface area contributed by atoms with Gasteiger partial charge in [0.1, 0.15) is 5.75 Å². The van der Waals surface area contributed by atoms with E-state index in [1.165, 1.54) is 44.1 Å². The fourth-order valence-corrected chi connectivity index (χ4v) is 2.58. The van der Waals surface area contributed by atoms with Gasteiger partial charge in [-0.05, 0) is 30.5 Å². The van der Waals surface area contributed by atoms with Crippen molar-refractivity contribution < 1.29 is 4.74 Å². The maximum atomic E-state index is 5.84. The lowest BCUT2D eigenvalue weighted by atomic mass is 10.1. The zero-order valence-corrected chi connectivity index (χ0v) is 16.3. The summed E-state index contributed by atoms with van der Waals surface area (Å²) in [5, 5.41) is 2.84. The van der Waals surface area contributed by atoms with Gasteiger partial charge in [-0.25, -0.2) is 0 Å². The highest BCUT2D eigenvalue weighted by Gasteiger charge is 1.97. The molecule has 26 heavy (non-hydrogen) atoms. The number of nitrogens with two attached hydrogens (primary N) is 2. The van der Waals surface area contributed by atoms with Gasteiger partial charge in [0, 0.05) is 13.1 Å². The summed E-state index contributed by atoms with van der Waals surface area (Å²) >= 11 is 0. The SMILES string of the molecule is CCCCCCCCCN=C(N)NC(N)=NCCc1ccc(OC)cc1. The van der Waals surface area contributed by atoms with E-state index in [0.717, 1.165) is 25.1 Å². The Morgan fingerprint density at radius 3 is 2.08 bits per heavy atom. The molecule has 0 bridgehead atoms. The highest BCUT2D eigenvalue weighted by atomic mass is 16.5. The molecule has 1 rings (SSSR count). The quantitative estimate of drug-likeness (QED) is 0.302. The molecule has 0 atom stereocenters. The summed E-state index contributed by atoms with van der Waals surface area (Å²) < 4.78 is 5.14. The zero-order valence-electron chi connectivity index (χ0n) is 16.3. The van der Waals surface area contributed by atoms with Crippen LogP contribution in [-0.2, 0) is 6.42 Å². The van der Waals surface area contributed by atoms with Crippen LogP contribution < -0.4 is 21.5 Å². The Morgan fingerprint density at radius 1 is 0.885 bits per heavy atom. The summed E-state index contributed by atoms with van der Waals surface area (Å²) in [5.41, 5.74) is 12.9. The van der Waals surface area contributed by atoms with Crippen LogP contribution in [0, 0.1) is 0 Å². The van der Waals surface area contributed by atoms with E-state index in [1.54, 1.807) is 7.11 Å². The molecule has 5 N–H and O–H groups in total. The highest BCUT2D eigenvalue weighted by molar-refractivity contribution is 5.97. The summed E-state index contributed by atoms with van der Waals surface area (Å²) in [7, 11) is 1.66. The number of rotatable bonds is 12. The van der Waals surface area contributed by atoms with Crippen LogP contribution >= 0.6 is 0 Å². The predicted octanol–water partition coefficient (Wildman–Crippen LogP) is 3.21. The fourth-order valence-electron chi connectivity index (χ4n) is 2.58. The minimum Gasteiger partial charge on any atom is -0.497 e. The molecule has 0 spiro atoms. The van der Waals surface area contributed by atoms with E-state index in [4.69, 9.17) is 16.2 Å². The van der Waals surface area contributed by atoms with Gasteiger partial charge in [-0.2, -0.15) is 0 Å². The van der Waals surface area contributed by atoms with Crippen molar-refractivity contribution in [2.24, 2.45) is 21.5 Å². The number of nitrogens with zero attached hydrogens (tertiary/aromatic N) is 2. The normalized spacial score (nSPS) is 12.2. The average Bonchev–Trinajstić information content (AvgIpc) is 2.64. The van der Waals surface area contributed by atoms with Crippen LogP contribution in [0.25, 0.3) is 0 Å². The van der Waals surface area contributed by atoms with Crippen LogP contribution in [0.3, 0.4) is 0 Å². The third-order valence-electron chi connectivity index (χ3n) is 4.14. The molecule has 0 aliphatic heterocycles. The van der Waals surface area contributed by atoms with Gasteiger partial charge in [0.15, 0.2) is 11.9 Å². The second-order valence-corrected chi connectivity index (χ2v) is 6.38. The highest BCUT2D eigenvalue weighted by Crippen LogP contribution is 2.11. The Bertz CT molecular complexity index is 540. The summed E-state index contributed by atoms with van der Waals surface area (Å²) in [5.74, 6) is 1.49. The Morgan fingerprint density at radius 2 is 1.46 bits per heavy atom. The largest absolute Gasteiger partial charge is 0.497 e. The van der Waals surface area contributed by atoms with Crippen molar-refractivity contribution in [3.05, 3.63) is 29.8 Å². The molecular formula is C20H35N5O. The molecule has 0 unspecified atom stereocenters. The lowest BCUT2D eigenvalue weighted by Gasteiger charge is -2.05. The number of methoxy groups -OCH3 is 1. The van der Waals surface area contributed by atoms with E-state index in [2.05, 4.69) is 22.2 Å². The molecule has 0 radical (unpaired) electrons. The van der Waals surface area contributed by atoms with Crippen LogP contribution in [0.5, 0.6) is 5.75 Å². The number of guanidine groups is 2. The molecule has 0 amide bonds. The second-order valence-electron chi connectivity index (χ2n) is 6.38. The number of hydrogen-bond donors (Lipinski definition) is 3. The van der Waals surface area contributed by atoms with Crippen LogP contribution in [0.15, 0.2) is 34.3 Å². The van der Waals surface area contributed by atoms with Crippen LogP contribution in [0.4, 0.5) is 0 Å². The molecular weight excluding hydrogens is 326 g/mol. The molecule has 0 saturated heterocycles. The van der Waals surface area contributed by atoms with Crippen LogP contribution in [-0.4, -0.2) is 32.1 Å². The number of hydrogen-bond acceptors (Lipinski definition) is 3. The molecule has 0 heterocycles. The van der Waals surface area contributed by atoms with E-state index in [0.29, 0.717) is 18.5 Å². The van der Waals surface area contributed by atoms with E-state index < -0.39 is 0 Å². The van der Waals surface area contributed by atoms with Gasteiger partial charge in [0.05, 0.1) is 7.11 Å². The lowest BCUT2D eigenvalue weighted by Crippen LogP contribution is -2.41. The number of aliphatic imine (C=N–C) groups is 2. The van der Waals surface area contributed by atoms with Crippen molar-refractivity contribution in [2.75, 3.05) is 20.2 Å². The summed E-state index contributed by atoms with van der Waals surface area (Å²) in [4.78, 5) is 8.57. The standard InChI is InChI=1S/C20H35N5O/c1-3-4-5-6-7-8-9-15-23-19(21)25-20(22)24-16-14-17-10-12-18(26-2)13-11-17/h10-13H,3-9,14-16H2,1-2H3,(H5,21,22,23,24,25). The van der Waals surface area contributed by atoms with E-state index >= 15 is 0 Å². The molecule has 0 aliphatic rings. The van der Waals surface area contributed by atoms with Gasteiger partial charge >= 0.3 is 0 Å². The molecule has 0 aromatic heterocycles. The number of nitrogens with one attached hydrogen (secondary N) is 1. The number of ether oxygens (including phenoxy) is 1. The molecule has 0 aliphatic carbocycles. The van der Waals surface area contributed by atoms with Gasteiger partial charge in [-0.3, -0.25) is 15.3 Å². The molecule has 6 nitrogen and oxygen atoms in total.